The van der Waals surface area contributed by atoms with Crippen LogP contribution in [0, 0.1) is 11.6 Å². The van der Waals surface area contributed by atoms with E-state index in [4.69, 9.17) is 0 Å². The van der Waals surface area contributed by atoms with Gasteiger partial charge in [0, 0.05) is 24.0 Å². The summed E-state index contributed by atoms with van der Waals surface area (Å²) in [6, 6.07) is 10.1. The lowest BCUT2D eigenvalue weighted by Crippen LogP contribution is -2.22. The van der Waals surface area contributed by atoms with E-state index >= 15 is 0 Å². The summed E-state index contributed by atoms with van der Waals surface area (Å²) in [5.74, 6) is -1.69. The van der Waals surface area contributed by atoms with E-state index in [9.17, 15) is 28.0 Å². The number of unbranched alkanes of at least 4 members (excludes halogenated alkanes) is 1. The highest BCUT2D eigenvalue weighted by atomic mass is 19.1. The fourth-order valence-corrected chi connectivity index (χ4v) is 4.67. The normalized spacial score (nSPS) is 13.7. The topological polar surface area (TPSA) is 154 Å². The number of fused-ring (bicyclic) bond motifs is 2. The van der Waals surface area contributed by atoms with E-state index in [0.717, 1.165) is 0 Å². The average Bonchev–Trinajstić information content (AvgIpc) is 3.72. The molecule has 0 fully saturated rings. The van der Waals surface area contributed by atoms with Crippen LogP contribution >= 0.6 is 0 Å². The van der Waals surface area contributed by atoms with Crippen LogP contribution in [0.5, 0.6) is 0 Å². The van der Waals surface area contributed by atoms with Gasteiger partial charge in [0.2, 0.25) is 0 Å². The molecule has 42 heavy (non-hydrogen) atoms. The van der Waals surface area contributed by atoms with Gasteiger partial charge in [-0.3, -0.25) is 19.2 Å². The summed E-state index contributed by atoms with van der Waals surface area (Å²) < 4.78 is 28.8. The molecule has 2 aromatic heterocycles. The van der Waals surface area contributed by atoms with Crippen LogP contribution in [0.3, 0.4) is 0 Å². The molecule has 0 saturated carbocycles. The molecule has 210 valence electrons. The number of aromatic nitrogens is 6. The van der Waals surface area contributed by atoms with Gasteiger partial charge in [-0.25, -0.2) is 27.9 Å². The molecule has 4 aromatic rings. The summed E-state index contributed by atoms with van der Waals surface area (Å²) >= 11 is 0. The van der Waals surface area contributed by atoms with Gasteiger partial charge < -0.3 is 0 Å². The maximum absolute atomic E-state index is 13.1. The Balaban J connectivity index is 1.02. The number of aryl methyl sites for hydroxylation is 2. The second kappa shape index (κ2) is 10.9. The molecule has 14 heteroatoms. The van der Waals surface area contributed by atoms with E-state index in [1.54, 1.807) is 0 Å². The first-order chi connectivity index (χ1) is 20.3. The molecule has 6 rings (SSSR count). The van der Waals surface area contributed by atoms with Gasteiger partial charge in [0.25, 0.3) is 23.7 Å². The molecule has 2 aromatic carbocycles. The van der Waals surface area contributed by atoms with E-state index in [2.05, 4.69) is 30.4 Å². The van der Waals surface area contributed by atoms with Crippen molar-refractivity contribution in [1.29, 1.82) is 0 Å². The number of hydrogen-bond acceptors (Lipinski definition) is 10. The van der Waals surface area contributed by atoms with Gasteiger partial charge in [0.1, 0.15) is 34.7 Å². The van der Waals surface area contributed by atoms with Gasteiger partial charge in [-0.1, -0.05) is 0 Å². The predicted molar refractivity (Wildman–Crippen MR) is 143 cm³/mol. The number of ketones is 2. The van der Waals surface area contributed by atoms with E-state index < -0.39 is 23.4 Å². The smallest absolute Gasteiger partial charge is 0.281 e. The molecule has 0 saturated heterocycles. The first kappa shape index (κ1) is 26.8. The number of aliphatic imine (C=N–C) groups is 2. The molecular weight excluding hydrogens is 550 g/mol. The van der Waals surface area contributed by atoms with Crippen LogP contribution in [0.4, 0.5) is 20.7 Å². The first-order valence-electron chi connectivity index (χ1n) is 13.0. The number of hydrogen-bond donors (Lipinski definition) is 0. The summed E-state index contributed by atoms with van der Waals surface area (Å²) in [6.45, 7) is 0. The Morgan fingerprint density at radius 3 is 1.36 bits per heavy atom. The Morgan fingerprint density at radius 1 is 0.595 bits per heavy atom. The van der Waals surface area contributed by atoms with Gasteiger partial charge in [0.05, 0.1) is 12.8 Å². The van der Waals surface area contributed by atoms with Crippen LogP contribution < -0.4 is 0 Å². The maximum atomic E-state index is 13.1. The van der Waals surface area contributed by atoms with E-state index in [0.29, 0.717) is 37.3 Å². The number of carbonyl (C=O) groups excluding carboxylic acids is 4. The van der Waals surface area contributed by atoms with Crippen molar-refractivity contribution in [3.8, 4) is 0 Å². The van der Waals surface area contributed by atoms with E-state index in [1.807, 2.05) is 0 Å². The third kappa shape index (κ3) is 5.09. The summed E-state index contributed by atoms with van der Waals surface area (Å²) in [7, 11) is 0. The SMILES string of the molecule is O=C(CC1=Nc2nnc(CCCCc3nnc4n3C(=O)C(CC(=O)c3ccc(F)cc3)=N4)n2C1=O)c1ccc(F)cc1. The number of rotatable bonds is 11. The molecule has 0 aliphatic carbocycles. The van der Waals surface area contributed by atoms with Crippen molar-refractivity contribution in [3.63, 3.8) is 0 Å². The van der Waals surface area contributed by atoms with Crippen molar-refractivity contribution >= 4 is 46.7 Å². The summed E-state index contributed by atoms with van der Waals surface area (Å²) in [5, 5.41) is 16.0. The van der Waals surface area contributed by atoms with Crippen molar-refractivity contribution in [2.75, 3.05) is 0 Å². The first-order valence-corrected chi connectivity index (χ1v) is 13.0. The highest BCUT2D eigenvalue weighted by Gasteiger charge is 2.32. The van der Waals surface area contributed by atoms with Gasteiger partial charge >= 0.3 is 0 Å². The summed E-state index contributed by atoms with van der Waals surface area (Å²) in [6.07, 6.45) is 1.36. The zero-order valence-electron chi connectivity index (χ0n) is 21.8. The lowest BCUT2D eigenvalue weighted by Gasteiger charge is -2.05. The molecule has 2 aliphatic heterocycles. The number of nitrogens with zero attached hydrogens (tertiary/aromatic N) is 8. The van der Waals surface area contributed by atoms with Crippen LogP contribution in [0.1, 0.15) is 67.6 Å². The van der Waals surface area contributed by atoms with Gasteiger partial charge in [0.15, 0.2) is 11.6 Å². The molecular formula is C28H20F2N8O4. The second-order valence-electron chi connectivity index (χ2n) is 9.65. The van der Waals surface area contributed by atoms with E-state index in [-0.39, 0.29) is 58.9 Å². The minimum atomic E-state index is -0.485. The molecule has 0 radical (unpaired) electrons. The highest BCUT2D eigenvalue weighted by molar-refractivity contribution is 6.46. The highest BCUT2D eigenvalue weighted by Crippen LogP contribution is 2.24. The maximum Gasteiger partial charge on any atom is 0.281 e. The Kier molecular flexibility index (Phi) is 6.94. The molecule has 0 N–H and O–H groups in total. The molecule has 0 atom stereocenters. The average molecular weight is 571 g/mol. The van der Waals surface area contributed by atoms with Crippen molar-refractivity contribution < 1.29 is 28.0 Å². The summed E-state index contributed by atoms with van der Waals surface area (Å²) in [5.41, 5.74) is 0.596. The fourth-order valence-electron chi connectivity index (χ4n) is 4.67. The van der Waals surface area contributed by atoms with Gasteiger partial charge in [-0.15, -0.1) is 20.4 Å². The third-order valence-corrected chi connectivity index (χ3v) is 6.83. The minimum Gasteiger partial charge on any atom is -0.294 e. The van der Waals surface area contributed by atoms with Gasteiger partial charge in [-0.2, -0.15) is 0 Å². The van der Waals surface area contributed by atoms with Crippen LogP contribution in [0.25, 0.3) is 0 Å². The number of benzene rings is 2. The monoisotopic (exact) mass is 570 g/mol. The lowest BCUT2D eigenvalue weighted by molar-refractivity contribution is 0.0962. The quantitative estimate of drug-likeness (QED) is 0.195. The zero-order chi connectivity index (χ0) is 29.4. The predicted octanol–water partition coefficient (Wildman–Crippen LogP) is 3.71. The van der Waals surface area contributed by atoms with Crippen molar-refractivity contribution in [3.05, 3.63) is 82.9 Å². The molecule has 0 spiro atoms. The van der Waals surface area contributed by atoms with Crippen molar-refractivity contribution in [2.24, 2.45) is 9.98 Å². The fraction of sp³-hybridized carbons (Fsp3) is 0.214. The standard InChI is InChI=1S/C28H20F2N8O4/c29-17-9-5-15(6-10-17)21(39)13-19-25(41)37-23(33-35-27(37)31-19)3-1-2-4-24-34-36-28-32-20(26(42)38(24)28)14-22(40)16-7-11-18(30)12-8-16/h5-12H,1-4,13-14H2. The lowest BCUT2D eigenvalue weighted by atomic mass is 10.1. The molecule has 0 amide bonds. The number of carbonyl (C=O) groups is 4. The molecule has 0 bridgehead atoms. The summed E-state index contributed by atoms with van der Waals surface area (Å²) in [4.78, 5) is 59.2. The van der Waals surface area contributed by atoms with Crippen LogP contribution in [0.2, 0.25) is 0 Å². The van der Waals surface area contributed by atoms with Crippen LogP contribution in [-0.2, 0) is 12.8 Å². The van der Waals surface area contributed by atoms with Crippen LogP contribution in [0.15, 0.2) is 58.5 Å². The minimum absolute atomic E-state index is 0.0294. The second-order valence-corrected chi connectivity index (χ2v) is 9.65. The zero-order valence-corrected chi connectivity index (χ0v) is 21.8. The van der Waals surface area contributed by atoms with E-state index in [1.165, 1.54) is 57.7 Å². The third-order valence-electron chi connectivity index (χ3n) is 6.83. The molecule has 4 heterocycles. The molecule has 12 nitrogen and oxygen atoms in total. The van der Waals surface area contributed by atoms with Crippen LogP contribution in [-0.4, -0.2) is 64.3 Å². The molecule has 0 unspecified atom stereocenters. The van der Waals surface area contributed by atoms with Crippen molar-refractivity contribution in [1.82, 2.24) is 29.5 Å². The van der Waals surface area contributed by atoms with Gasteiger partial charge in [-0.05, 0) is 61.4 Å². The Morgan fingerprint density at radius 2 is 0.976 bits per heavy atom. The Hall–Kier alpha value is -5.40. The largest absolute Gasteiger partial charge is 0.294 e. The molecule has 2 aliphatic rings. The Bertz CT molecular complexity index is 1690. The Labute approximate surface area is 235 Å². The number of Topliss-reactive ketones (excluding diaryl/α,β-unsaturated/α-hetero) is 2. The number of halogens is 2. The van der Waals surface area contributed by atoms with Crippen molar-refractivity contribution in [2.45, 2.75) is 38.5 Å².